The minimum atomic E-state index is -0.750. The molecule has 9 heteroatoms. The first-order valence-corrected chi connectivity index (χ1v) is 10.6. The second kappa shape index (κ2) is 10.8. The number of rotatable bonds is 9. The zero-order valence-electron chi connectivity index (χ0n) is 17.6. The van der Waals surface area contributed by atoms with Crippen LogP contribution in [0.4, 0.5) is 20.6 Å². The molecule has 0 bridgehead atoms. The molecule has 0 spiro atoms. The van der Waals surface area contributed by atoms with E-state index in [2.05, 4.69) is 10.6 Å². The third-order valence-corrected chi connectivity index (χ3v) is 4.86. The van der Waals surface area contributed by atoms with Crippen LogP contribution in [0.2, 0.25) is 0 Å². The molecule has 1 aromatic heterocycles. The standard InChI is InChI=1S/C22H25FN2O5S/c1-22(2,3)30-21(29)25-16-9-6-14(23)13-17(16)24-20(28)11-8-15(26)7-10-18(27)19-5-4-12-31-19/h4-6,9,12-13H,7-8,10-11H2,1-3H3,(H,24,28)(H,25,29). The lowest BCUT2D eigenvalue weighted by Crippen LogP contribution is -2.27. The molecule has 2 rings (SSSR count). The van der Waals surface area contributed by atoms with E-state index in [0.717, 1.165) is 12.1 Å². The van der Waals surface area contributed by atoms with Gasteiger partial charge in [-0.15, -0.1) is 11.3 Å². The van der Waals surface area contributed by atoms with Gasteiger partial charge in [-0.25, -0.2) is 9.18 Å². The van der Waals surface area contributed by atoms with Gasteiger partial charge in [0.25, 0.3) is 0 Å². The Bertz CT molecular complexity index is 951. The summed E-state index contributed by atoms with van der Waals surface area (Å²) in [6.45, 7) is 5.10. The number of halogens is 1. The van der Waals surface area contributed by atoms with Gasteiger partial charge in [0.15, 0.2) is 5.78 Å². The van der Waals surface area contributed by atoms with Crippen LogP contribution in [0.1, 0.15) is 56.1 Å². The van der Waals surface area contributed by atoms with E-state index in [0.29, 0.717) is 4.88 Å². The van der Waals surface area contributed by atoms with Gasteiger partial charge in [0.2, 0.25) is 5.91 Å². The highest BCUT2D eigenvalue weighted by atomic mass is 32.1. The average Bonchev–Trinajstić information content (AvgIpc) is 3.20. The number of thiophene rings is 1. The Kier molecular flexibility index (Phi) is 8.44. The second-order valence-electron chi connectivity index (χ2n) is 7.80. The van der Waals surface area contributed by atoms with Crippen molar-refractivity contribution in [3.05, 3.63) is 46.4 Å². The molecule has 166 valence electrons. The van der Waals surface area contributed by atoms with Crippen LogP contribution in [0.25, 0.3) is 0 Å². The molecule has 0 aliphatic heterocycles. The number of hydrogen-bond donors (Lipinski definition) is 2. The minimum absolute atomic E-state index is 0.0479. The summed E-state index contributed by atoms with van der Waals surface area (Å²) in [6, 6.07) is 6.97. The molecular weight excluding hydrogens is 423 g/mol. The predicted octanol–water partition coefficient (Wildman–Crippen LogP) is 5.19. The van der Waals surface area contributed by atoms with Crippen LogP contribution in [-0.2, 0) is 14.3 Å². The quantitative estimate of drug-likeness (QED) is 0.515. The topological polar surface area (TPSA) is 102 Å². The molecule has 0 aliphatic carbocycles. The molecule has 0 aliphatic rings. The smallest absolute Gasteiger partial charge is 0.412 e. The lowest BCUT2D eigenvalue weighted by Gasteiger charge is -2.20. The van der Waals surface area contributed by atoms with E-state index in [1.165, 1.54) is 17.4 Å². The maximum Gasteiger partial charge on any atom is 0.412 e. The monoisotopic (exact) mass is 448 g/mol. The summed E-state index contributed by atoms with van der Waals surface area (Å²) < 4.78 is 18.8. The Morgan fingerprint density at radius 2 is 1.68 bits per heavy atom. The number of hydrogen-bond acceptors (Lipinski definition) is 6. The largest absolute Gasteiger partial charge is 0.444 e. The first-order chi connectivity index (χ1) is 14.5. The molecule has 0 radical (unpaired) electrons. The van der Waals surface area contributed by atoms with Gasteiger partial charge in [0, 0.05) is 25.7 Å². The zero-order valence-corrected chi connectivity index (χ0v) is 18.4. The summed E-state index contributed by atoms with van der Waals surface area (Å²) >= 11 is 1.32. The van der Waals surface area contributed by atoms with Crippen LogP contribution >= 0.6 is 11.3 Å². The van der Waals surface area contributed by atoms with E-state index >= 15 is 0 Å². The number of ketones is 2. The first kappa shape index (κ1) is 24.2. The predicted molar refractivity (Wildman–Crippen MR) is 117 cm³/mol. The Hall–Kier alpha value is -3.07. The summed E-state index contributed by atoms with van der Waals surface area (Å²) in [7, 11) is 0. The number of amides is 2. The van der Waals surface area contributed by atoms with Crippen LogP contribution < -0.4 is 10.6 Å². The molecule has 1 heterocycles. The van der Waals surface area contributed by atoms with E-state index < -0.39 is 23.4 Å². The highest BCUT2D eigenvalue weighted by Crippen LogP contribution is 2.24. The number of ether oxygens (including phenoxy) is 1. The number of carbonyl (C=O) groups excluding carboxylic acids is 4. The average molecular weight is 449 g/mol. The van der Waals surface area contributed by atoms with Gasteiger partial charge in [-0.3, -0.25) is 19.7 Å². The minimum Gasteiger partial charge on any atom is -0.444 e. The summed E-state index contributed by atoms with van der Waals surface area (Å²) in [5, 5.41) is 6.75. The van der Waals surface area contributed by atoms with Crippen LogP contribution in [0.3, 0.4) is 0 Å². The third-order valence-electron chi connectivity index (χ3n) is 3.95. The van der Waals surface area contributed by atoms with Crippen molar-refractivity contribution in [1.82, 2.24) is 0 Å². The molecule has 0 saturated carbocycles. The van der Waals surface area contributed by atoms with E-state index in [1.807, 2.05) is 0 Å². The van der Waals surface area contributed by atoms with E-state index in [-0.39, 0.29) is 48.6 Å². The van der Waals surface area contributed by atoms with Gasteiger partial charge in [-0.05, 0) is 50.4 Å². The fraction of sp³-hybridized carbons (Fsp3) is 0.364. The number of benzene rings is 1. The van der Waals surface area contributed by atoms with Crippen LogP contribution in [-0.4, -0.2) is 29.2 Å². The van der Waals surface area contributed by atoms with Gasteiger partial charge in [0.1, 0.15) is 17.2 Å². The van der Waals surface area contributed by atoms with Gasteiger partial charge in [-0.2, -0.15) is 0 Å². The van der Waals surface area contributed by atoms with Crippen LogP contribution in [0.15, 0.2) is 35.7 Å². The van der Waals surface area contributed by atoms with E-state index in [1.54, 1.807) is 38.3 Å². The van der Waals surface area contributed by atoms with E-state index in [4.69, 9.17) is 4.74 Å². The lowest BCUT2D eigenvalue weighted by molar-refractivity contribution is -0.122. The van der Waals surface area contributed by atoms with Crippen molar-refractivity contribution in [2.45, 2.75) is 52.1 Å². The number of nitrogens with one attached hydrogen (secondary N) is 2. The highest BCUT2D eigenvalue weighted by Gasteiger charge is 2.18. The lowest BCUT2D eigenvalue weighted by atomic mass is 10.1. The van der Waals surface area contributed by atoms with Crippen molar-refractivity contribution >= 4 is 46.3 Å². The van der Waals surface area contributed by atoms with Crippen LogP contribution in [0, 0.1) is 5.82 Å². The molecule has 1 aromatic carbocycles. The zero-order chi connectivity index (χ0) is 23.0. The molecule has 0 fully saturated rings. The number of carbonyl (C=O) groups is 4. The second-order valence-corrected chi connectivity index (χ2v) is 8.75. The van der Waals surface area contributed by atoms with Gasteiger partial charge < -0.3 is 10.1 Å². The van der Waals surface area contributed by atoms with Crippen molar-refractivity contribution in [1.29, 1.82) is 0 Å². The molecule has 31 heavy (non-hydrogen) atoms. The molecular formula is C22H25FN2O5S. The summed E-state index contributed by atoms with van der Waals surface area (Å²) in [4.78, 5) is 48.7. The van der Waals surface area contributed by atoms with Crippen LogP contribution in [0.5, 0.6) is 0 Å². The Morgan fingerprint density at radius 1 is 0.968 bits per heavy atom. The SMILES string of the molecule is CC(C)(C)OC(=O)Nc1ccc(F)cc1NC(=O)CCC(=O)CCC(=O)c1cccs1. The normalized spacial score (nSPS) is 11.0. The highest BCUT2D eigenvalue weighted by molar-refractivity contribution is 7.12. The molecule has 0 atom stereocenters. The Labute approximate surface area is 184 Å². The number of Topliss-reactive ketones (excluding diaryl/α,β-unsaturated/α-hetero) is 2. The first-order valence-electron chi connectivity index (χ1n) is 9.71. The van der Waals surface area contributed by atoms with Gasteiger partial charge in [-0.1, -0.05) is 6.07 Å². The summed E-state index contributed by atoms with van der Waals surface area (Å²) in [5.74, 6) is -1.44. The molecule has 2 aromatic rings. The van der Waals surface area contributed by atoms with Crippen molar-refractivity contribution in [3.8, 4) is 0 Å². The van der Waals surface area contributed by atoms with E-state index in [9.17, 15) is 23.6 Å². The number of anilines is 2. The fourth-order valence-electron chi connectivity index (χ4n) is 2.55. The van der Waals surface area contributed by atoms with Gasteiger partial charge >= 0.3 is 6.09 Å². The Morgan fingerprint density at radius 3 is 2.32 bits per heavy atom. The Balaban J connectivity index is 1.86. The van der Waals surface area contributed by atoms with Crippen molar-refractivity contribution in [3.63, 3.8) is 0 Å². The molecule has 2 amide bonds. The summed E-state index contributed by atoms with van der Waals surface area (Å²) in [5.41, 5.74) is -0.508. The molecule has 0 unspecified atom stereocenters. The fourth-order valence-corrected chi connectivity index (χ4v) is 3.24. The molecule has 0 saturated heterocycles. The third kappa shape index (κ3) is 8.67. The maximum absolute atomic E-state index is 13.6. The van der Waals surface area contributed by atoms with Crippen molar-refractivity contribution < 1.29 is 28.3 Å². The maximum atomic E-state index is 13.6. The van der Waals surface area contributed by atoms with Crippen molar-refractivity contribution in [2.75, 3.05) is 10.6 Å². The molecule has 7 nitrogen and oxygen atoms in total. The molecule has 2 N–H and O–H groups in total. The van der Waals surface area contributed by atoms with Crippen molar-refractivity contribution in [2.24, 2.45) is 0 Å². The van der Waals surface area contributed by atoms with Gasteiger partial charge in [0.05, 0.1) is 16.3 Å². The summed E-state index contributed by atoms with van der Waals surface area (Å²) in [6.07, 6.45) is -0.785.